The van der Waals surface area contributed by atoms with E-state index in [4.69, 9.17) is 5.11 Å². The minimum absolute atomic E-state index is 0.0741. The number of nitrogens with zero attached hydrogens (tertiary/aromatic N) is 1. The summed E-state index contributed by atoms with van der Waals surface area (Å²) < 4.78 is 0. The van der Waals surface area contributed by atoms with Gasteiger partial charge in [-0.15, -0.1) is 0 Å². The number of amides is 5. The second-order valence-electron chi connectivity index (χ2n) is 8.83. The van der Waals surface area contributed by atoms with E-state index < -0.39 is 29.9 Å². The first-order chi connectivity index (χ1) is 15.9. The number of hydrogen-bond donors (Lipinski definition) is 4. The number of carboxylic acids is 1. The van der Waals surface area contributed by atoms with E-state index in [0.717, 1.165) is 4.90 Å². The van der Waals surface area contributed by atoms with Crippen LogP contribution in [0.3, 0.4) is 0 Å². The van der Waals surface area contributed by atoms with Gasteiger partial charge in [-0.25, -0.2) is 0 Å². The quantitative estimate of drug-likeness (QED) is 0.196. The van der Waals surface area contributed by atoms with Crippen LogP contribution in [-0.2, 0) is 28.8 Å². The maximum Gasteiger partial charge on any atom is 0.303 e. The molecule has 1 unspecified atom stereocenters. The van der Waals surface area contributed by atoms with Gasteiger partial charge in [0.05, 0.1) is 0 Å². The average molecular weight is 481 g/mol. The molecular weight excluding hydrogens is 444 g/mol. The minimum atomic E-state index is -0.952. The van der Waals surface area contributed by atoms with Gasteiger partial charge in [0, 0.05) is 37.6 Å². The molecule has 190 valence electrons. The highest BCUT2D eigenvalue weighted by Crippen LogP contribution is 2.09. The van der Waals surface area contributed by atoms with E-state index in [0.29, 0.717) is 25.8 Å². The molecule has 11 nitrogen and oxygen atoms in total. The summed E-state index contributed by atoms with van der Waals surface area (Å²) in [4.78, 5) is 72.1. The zero-order valence-electron chi connectivity index (χ0n) is 20.3. The first kappa shape index (κ1) is 28.8. The summed E-state index contributed by atoms with van der Waals surface area (Å²) in [5.74, 6) is -3.05. The number of carbonyl (C=O) groups is 6. The Morgan fingerprint density at radius 1 is 0.853 bits per heavy atom. The average Bonchev–Trinajstić information content (AvgIpc) is 3.07. The molecular formula is C23H36N4O7. The maximum atomic E-state index is 12.7. The van der Waals surface area contributed by atoms with Crippen LogP contribution >= 0.6 is 0 Å². The van der Waals surface area contributed by atoms with Crippen LogP contribution in [0.2, 0.25) is 0 Å². The Hall–Kier alpha value is -3.24. The van der Waals surface area contributed by atoms with E-state index in [9.17, 15) is 28.8 Å². The van der Waals surface area contributed by atoms with Crippen molar-refractivity contribution in [2.75, 3.05) is 6.54 Å². The Morgan fingerprint density at radius 3 is 2.03 bits per heavy atom. The third-order valence-electron chi connectivity index (χ3n) is 5.38. The molecule has 4 N–H and O–H groups in total. The van der Waals surface area contributed by atoms with E-state index in [2.05, 4.69) is 16.0 Å². The Balaban J connectivity index is 2.40. The number of carboxylic acid groups (broad SMARTS) is 1. The van der Waals surface area contributed by atoms with Crippen LogP contribution in [-0.4, -0.2) is 70.2 Å². The SMILES string of the molecule is CC(CCC(=O)O)NC(=O)[C@H](C)NC(=O)[C@@H](NC(=O)CCCCCN1C(=O)C=CC1=O)C(C)C. The third kappa shape index (κ3) is 10.1. The van der Waals surface area contributed by atoms with Crippen molar-refractivity contribution < 1.29 is 33.9 Å². The fourth-order valence-corrected chi connectivity index (χ4v) is 3.31. The number of nitrogens with one attached hydrogen (secondary N) is 3. The van der Waals surface area contributed by atoms with Gasteiger partial charge in [-0.05, 0) is 39.0 Å². The zero-order chi connectivity index (χ0) is 25.8. The number of aliphatic carboxylic acids is 1. The molecule has 0 aromatic carbocycles. The largest absolute Gasteiger partial charge is 0.481 e. The van der Waals surface area contributed by atoms with Crippen LogP contribution in [0.25, 0.3) is 0 Å². The molecule has 0 fully saturated rings. The van der Waals surface area contributed by atoms with E-state index in [1.54, 1.807) is 20.8 Å². The van der Waals surface area contributed by atoms with Crippen LogP contribution in [0.1, 0.15) is 66.2 Å². The highest BCUT2D eigenvalue weighted by Gasteiger charge is 2.27. The fraction of sp³-hybridized carbons (Fsp3) is 0.652. The molecule has 0 aromatic heterocycles. The van der Waals surface area contributed by atoms with Gasteiger partial charge in [0.25, 0.3) is 11.8 Å². The monoisotopic (exact) mass is 480 g/mol. The van der Waals surface area contributed by atoms with E-state index in [1.165, 1.54) is 19.1 Å². The number of hydrogen-bond acceptors (Lipinski definition) is 6. The predicted molar refractivity (Wildman–Crippen MR) is 123 cm³/mol. The van der Waals surface area contributed by atoms with Gasteiger partial charge in [0.15, 0.2) is 0 Å². The number of carbonyl (C=O) groups excluding carboxylic acids is 5. The lowest BCUT2D eigenvalue weighted by molar-refractivity contribution is -0.138. The molecule has 0 saturated carbocycles. The van der Waals surface area contributed by atoms with E-state index in [-0.39, 0.29) is 48.9 Å². The summed E-state index contributed by atoms with van der Waals surface area (Å²) in [6, 6.07) is -2.04. The van der Waals surface area contributed by atoms with E-state index in [1.807, 2.05) is 0 Å². The molecule has 0 aliphatic carbocycles. The van der Waals surface area contributed by atoms with Crippen molar-refractivity contribution in [2.45, 2.75) is 84.3 Å². The molecule has 0 bridgehead atoms. The van der Waals surface area contributed by atoms with Gasteiger partial charge in [-0.2, -0.15) is 0 Å². The molecule has 3 atom stereocenters. The Bertz CT molecular complexity index is 791. The van der Waals surface area contributed by atoms with Crippen molar-refractivity contribution in [3.63, 3.8) is 0 Å². The topological polar surface area (TPSA) is 162 Å². The van der Waals surface area contributed by atoms with Crippen molar-refractivity contribution in [1.29, 1.82) is 0 Å². The second kappa shape index (κ2) is 14.1. The summed E-state index contributed by atoms with van der Waals surface area (Å²) in [5, 5.41) is 16.7. The summed E-state index contributed by atoms with van der Waals surface area (Å²) in [6.45, 7) is 7.06. The van der Waals surface area contributed by atoms with Gasteiger partial charge in [0.1, 0.15) is 12.1 Å². The van der Waals surface area contributed by atoms with Gasteiger partial charge < -0.3 is 21.1 Å². The van der Waals surface area contributed by atoms with Gasteiger partial charge in [-0.1, -0.05) is 20.3 Å². The lowest BCUT2D eigenvalue weighted by Gasteiger charge is -2.24. The standard InChI is InChI=1S/C23H36N4O7/c1-14(2)21(23(34)25-16(4)22(33)24-15(3)9-12-20(31)32)26-17(28)8-6-5-7-13-27-18(29)10-11-19(27)30/h10-11,14-16,21H,5-9,12-13H2,1-4H3,(H,24,33)(H,25,34)(H,26,28)(H,31,32)/t15?,16-,21-/m0/s1. The maximum absolute atomic E-state index is 12.7. The van der Waals surface area contributed by atoms with Crippen LogP contribution in [0.4, 0.5) is 0 Å². The molecule has 1 rings (SSSR count). The third-order valence-corrected chi connectivity index (χ3v) is 5.38. The minimum Gasteiger partial charge on any atom is -0.481 e. The molecule has 1 aliphatic rings. The molecule has 11 heteroatoms. The predicted octanol–water partition coefficient (Wildman–Crippen LogP) is 0.487. The molecule has 0 saturated heterocycles. The number of unbranched alkanes of at least 4 members (excludes halogenated alkanes) is 2. The molecule has 0 spiro atoms. The lowest BCUT2D eigenvalue weighted by atomic mass is 10.0. The summed E-state index contributed by atoms with van der Waals surface area (Å²) in [6.07, 6.45) is 4.61. The Morgan fingerprint density at radius 2 is 1.47 bits per heavy atom. The molecule has 34 heavy (non-hydrogen) atoms. The van der Waals surface area contributed by atoms with Crippen LogP contribution in [0.15, 0.2) is 12.2 Å². The molecule has 0 aromatic rings. The van der Waals surface area contributed by atoms with E-state index >= 15 is 0 Å². The highest BCUT2D eigenvalue weighted by atomic mass is 16.4. The smallest absolute Gasteiger partial charge is 0.303 e. The zero-order valence-corrected chi connectivity index (χ0v) is 20.3. The van der Waals surface area contributed by atoms with Crippen LogP contribution < -0.4 is 16.0 Å². The molecule has 1 aliphatic heterocycles. The van der Waals surface area contributed by atoms with Crippen molar-refractivity contribution in [2.24, 2.45) is 5.92 Å². The Labute approximate surface area is 199 Å². The number of rotatable bonds is 15. The molecule has 1 heterocycles. The summed E-state index contributed by atoms with van der Waals surface area (Å²) in [7, 11) is 0. The first-order valence-corrected chi connectivity index (χ1v) is 11.6. The van der Waals surface area contributed by atoms with Gasteiger partial charge in [0.2, 0.25) is 17.7 Å². The van der Waals surface area contributed by atoms with Gasteiger partial charge >= 0.3 is 5.97 Å². The molecule has 0 radical (unpaired) electrons. The van der Waals surface area contributed by atoms with Crippen molar-refractivity contribution in [3.05, 3.63) is 12.2 Å². The van der Waals surface area contributed by atoms with Crippen molar-refractivity contribution in [3.8, 4) is 0 Å². The fourth-order valence-electron chi connectivity index (χ4n) is 3.31. The first-order valence-electron chi connectivity index (χ1n) is 11.6. The highest BCUT2D eigenvalue weighted by molar-refractivity contribution is 6.12. The summed E-state index contributed by atoms with van der Waals surface area (Å²) >= 11 is 0. The van der Waals surface area contributed by atoms with Crippen LogP contribution in [0, 0.1) is 5.92 Å². The van der Waals surface area contributed by atoms with Gasteiger partial charge in [-0.3, -0.25) is 33.7 Å². The van der Waals surface area contributed by atoms with Crippen LogP contribution in [0.5, 0.6) is 0 Å². The lowest BCUT2D eigenvalue weighted by Crippen LogP contribution is -2.55. The second-order valence-corrected chi connectivity index (χ2v) is 8.83. The van der Waals surface area contributed by atoms with Crippen molar-refractivity contribution >= 4 is 35.5 Å². The Kier molecular flexibility index (Phi) is 12.0. The van der Waals surface area contributed by atoms with Crippen molar-refractivity contribution in [1.82, 2.24) is 20.9 Å². The normalized spacial score (nSPS) is 15.7. The summed E-state index contributed by atoms with van der Waals surface area (Å²) in [5.41, 5.74) is 0. The molecule has 5 amide bonds. The number of imide groups is 1.